The third-order valence-electron chi connectivity index (χ3n) is 3.16. The summed E-state index contributed by atoms with van der Waals surface area (Å²) in [7, 11) is 0. The predicted molar refractivity (Wildman–Crippen MR) is 73.5 cm³/mol. The summed E-state index contributed by atoms with van der Waals surface area (Å²) in [6, 6.07) is 0. The number of rotatable bonds is 1. The van der Waals surface area contributed by atoms with E-state index in [0.717, 1.165) is 30.5 Å². The summed E-state index contributed by atoms with van der Waals surface area (Å²) in [5.74, 6) is 0. The SMILES string of the molecule is CC(C)(C)OC(=O)N1CC2(CO[C@H](CI)C2)C1. The van der Waals surface area contributed by atoms with Crippen LogP contribution in [0.1, 0.15) is 27.2 Å². The molecule has 0 saturated carbocycles. The van der Waals surface area contributed by atoms with Crippen LogP contribution in [0.5, 0.6) is 0 Å². The van der Waals surface area contributed by atoms with Crippen molar-refractivity contribution in [2.24, 2.45) is 5.41 Å². The Balaban J connectivity index is 1.81. The first-order valence-corrected chi connectivity index (χ1v) is 7.52. The molecule has 17 heavy (non-hydrogen) atoms. The van der Waals surface area contributed by atoms with E-state index in [-0.39, 0.29) is 11.5 Å². The van der Waals surface area contributed by atoms with Crippen molar-refractivity contribution in [2.75, 3.05) is 24.1 Å². The molecule has 2 saturated heterocycles. The van der Waals surface area contributed by atoms with Gasteiger partial charge in [-0.15, -0.1) is 0 Å². The average molecular weight is 353 g/mol. The van der Waals surface area contributed by atoms with E-state index in [0.29, 0.717) is 6.10 Å². The van der Waals surface area contributed by atoms with Crippen molar-refractivity contribution in [2.45, 2.75) is 38.9 Å². The highest BCUT2D eigenvalue weighted by Gasteiger charge is 2.51. The van der Waals surface area contributed by atoms with E-state index in [2.05, 4.69) is 22.6 Å². The number of amides is 1. The van der Waals surface area contributed by atoms with Crippen LogP contribution in [0.2, 0.25) is 0 Å². The molecule has 0 aromatic carbocycles. The zero-order valence-electron chi connectivity index (χ0n) is 10.7. The van der Waals surface area contributed by atoms with Gasteiger partial charge in [-0.3, -0.25) is 0 Å². The molecule has 5 heteroatoms. The lowest BCUT2D eigenvalue weighted by Crippen LogP contribution is -2.59. The smallest absolute Gasteiger partial charge is 0.410 e. The molecular formula is C12H20INO3. The van der Waals surface area contributed by atoms with Gasteiger partial charge in [0.15, 0.2) is 0 Å². The fourth-order valence-electron chi connectivity index (χ4n) is 2.43. The average Bonchev–Trinajstić information content (AvgIpc) is 2.56. The molecule has 0 aliphatic carbocycles. The summed E-state index contributed by atoms with van der Waals surface area (Å²) >= 11 is 2.35. The molecule has 0 bridgehead atoms. The number of halogens is 1. The number of nitrogens with zero attached hydrogens (tertiary/aromatic N) is 1. The first-order chi connectivity index (χ1) is 7.84. The third kappa shape index (κ3) is 3.05. The molecule has 2 aliphatic rings. The minimum Gasteiger partial charge on any atom is -0.444 e. The molecule has 0 radical (unpaired) electrons. The van der Waals surface area contributed by atoms with E-state index in [1.807, 2.05) is 20.8 Å². The minimum absolute atomic E-state index is 0.193. The number of hydrogen-bond donors (Lipinski definition) is 0. The number of alkyl halides is 1. The normalized spacial score (nSPS) is 27.1. The summed E-state index contributed by atoms with van der Waals surface area (Å²) in [5, 5.41) is 0. The van der Waals surface area contributed by atoms with Gasteiger partial charge in [0, 0.05) is 22.9 Å². The zero-order valence-corrected chi connectivity index (χ0v) is 12.8. The number of carbonyl (C=O) groups excluding carboxylic acids is 1. The van der Waals surface area contributed by atoms with Crippen molar-refractivity contribution in [1.82, 2.24) is 4.90 Å². The van der Waals surface area contributed by atoms with Crippen LogP contribution in [0.4, 0.5) is 4.79 Å². The van der Waals surface area contributed by atoms with Gasteiger partial charge in [0.25, 0.3) is 0 Å². The number of carbonyl (C=O) groups is 1. The maximum Gasteiger partial charge on any atom is 0.410 e. The van der Waals surface area contributed by atoms with Crippen molar-refractivity contribution in [3.63, 3.8) is 0 Å². The van der Waals surface area contributed by atoms with Gasteiger partial charge in [-0.25, -0.2) is 4.79 Å². The Bertz CT molecular complexity index is 307. The standard InChI is InChI=1S/C12H20INO3/c1-11(2,3)17-10(15)14-6-12(7-14)4-9(5-13)16-8-12/h9H,4-8H2,1-3H3/t9-/m0/s1. The summed E-state index contributed by atoms with van der Waals surface area (Å²) in [4.78, 5) is 13.6. The Hall–Kier alpha value is -0.0400. The van der Waals surface area contributed by atoms with Gasteiger partial charge < -0.3 is 14.4 Å². The number of ether oxygens (including phenoxy) is 2. The Labute approximate surface area is 116 Å². The van der Waals surface area contributed by atoms with Gasteiger partial charge in [-0.2, -0.15) is 0 Å². The maximum absolute atomic E-state index is 11.8. The second kappa shape index (κ2) is 4.57. The fourth-order valence-corrected chi connectivity index (χ4v) is 3.00. The highest BCUT2D eigenvalue weighted by molar-refractivity contribution is 14.1. The molecule has 2 fully saturated rings. The predicted octanol–water partition coefficient (Wildman–Crippen LogP) is 2.45. The van der Waals surface area contributed by atoms with E-state index in [1.165, 1.54) is 0 Å². The van der Waals surface area contributed by atoms with Gasteiger partial charge in [-0.05, 0) is 27.2 Å². The van der Waals surface area contributed by atoms with Crippen molar-refractivity contribution in [3.8, 4) is 0 Å². The van der Waals surface area contributed by atoms with Gasteiger partial charge in [-0.1, -0.05) is 22.6 Å². The maximum atomic E-state index is 11.8. The summed E-state index contributed by atoms with van der Waals surface area (Å²) in [6.45, 7) is 8.05. The Morgan fingerprint density at radius 2 is 2.18 bits per heavy atom. The summed E-state index contributed by atoms with van der Waals surface area (Å²) in [5.41, 5.74) is -0.191. The van der Waals surface area contributed by atoms with Crippen LogP contribution in [-0.4, -0.2) is 46.8 Å². The van der Waals surface area contributed by atoms with E-state index >= 15 is 0 Å². The Morgan fingerprint density at radius 1 is 1.53 bits per heavy atom. The largest absolute Gasteiger partial charge is 0.444 e. The van der Waals surface area contributed by atoms with E-state index < -0.39 is 5.60 Å². The molecule has 1 atom stereocenters. The minimum atomic E-state index is -0.406. The lowest BCUT2D eigenvalue weighted by Gasteiger charge is -2.47. The molecular weight excluding hydrogens is 333 g/mol. The second-order valence-electron chi connectivity index (χ2n) is 6.13. The molecule has 0 N–H and O–H groups in total. The fraction of sp³-hybridized carbons (Fsp3) is 0.917. The molecule has 2 heterocycles. The Morgan fingerprint density at radius 3 is 2.65 bits per heavy atom. The lowest BCUT2D eigenvalue weighted by molar-refractivity contribution is -0.0368. The first kappa shape index (κ1) is 13.4. The van der Waals surface area contributed by atoms with E-state index in [9.17, 15) is 4.79 Å². The van der Waals surface area contributed by atoms with Crippen LogP contribution >= 0.6 is 22.6 Å². The highest BCUT2D eigenvalue weighted by atomic mass is 127. The van der Waals surface area contributed by atoms with Crippen LogP contribution < -0.4 is 0 Å². The number of likely N-dealkylation sites (tertiary alicyclic amines) is 1. The van der Waals surface area contributed by atoms with Crippen molar-refractivity contribution in [3.05, 3.63) is 0 Å². The van der Waals surface area contributed by atoms with Gasteiger partial charge >= 0.3 is 6.09 Å². The zero-order chi connectivity index (χ0) is 12.7. The van der Waals surface area contributed by atoms with Crippen LogP contribution in [0.25, 0.3) is 0 Å². The molecule has 2 rings (SSSR count). The van der Waals surface area contributed by atoms with Crippen molar-refractivity contribution < 1.29 is 14.3 Å². The first-order valence-electron chi connectivity index (χ1n) is 5.99. The molecule has 0 aromatic rings. The van der Waals surface area contributed by atoms with Crippen LogP contribution in [-0.2, 0) is 9.47 Å². The topological polar surface area (TPSA) is 38.8 Å². The summed E-state index contributed by atoms with van der Waals surface area (Å²) in [6.07, 6.45) is 1.26. The molecule has 1 amide bonds. The molecule has 4 nitrogen and oxygen atoms in total. The summed E-state index contributed by atoms with van der Waals surface area (Å²) < 4.78 is 12.1. The van der Waals surface area contributed by atoms with Crippen molar-refractivity contribution >= 4 is 28.7 Å². The second-order valence-corrected chi connectivity index (χ2v) is 7.01. The molecule has 1 spiro atoms. The van der Waals surface area contributed by atoms with Crippen LogP contribution in [0.15, 0.2) is 0 Å². The van der Waals surface area contributed by atoms with E-state index in [1.54, 1.807) is 4.90 Å². The quantitative estimate of drug-likeness (QED) is 0.537. The molecule has 0 aromatic heterocycles. The number of hydrogen-bond acceptors (Lipinski definition) is 3. The highest BCUT2D eigenvalue weighted by Crippen LogP contribution is 2.41. The molecule has 2 aliphatic heterocycles. The van der Waals surface area contributed by atoms with Gasteiger partial charge in [0.2, 0.25) is 0 Å². The monoisotopic (exact) mass is 353 g/mol. The van der Waals surface area contributed by atoms with Crippen LogP contribution in [0, 0.1) is 5.41 Å². The molecule has 98 valence electrons. The van der Waals surface area contributed by atoms with E-state index in [4.69, 9.17) is 9.47 Å². The lowest BCUT2D eigenvalue weighted by atomic mass is 9.78. The van der Waals surface area contributed by atoms with Crippen molar-refractivity contribution in [1.29, 1.82) is 0 Å². The van der Waals surface area contributed by atoms with Crippen LogP contribution in [0.3, 0.4) is 0 Å². The third-order valence-corrected chi connectivity index (χ3v) is 4.14. The molecule has 0 unspecified atom stereocenters. The Kier molecular flexibility index (Phi) is 3.60. The van der Waals surface area contributed by atoms with Gasteiger partial charge in [0.05, 0.1) is 12.7 Å². The van der Waals surface area contributed by atoms with Gasteiger partial charge in [0.1, 0.15) is 5.60 Å².